The highest BCUT2D eigenvalue weighted by Gasteiger charge is 2.70. The van der Waals surface area contributed by atoms with Crippen LogP contribution >= 0.6 is 0 Å². The largest absolute Gasteiger partial charge is 0.370 e. The number of nitrogens with one attached hydrogen (secondary N) is 2. The van der Waals surface area contributed by atoms with Gasteiger partial charge in [-0.15, -0.1) is 0 Å². The molecule has 154 valence electrons. The summed E-state index contributed by atoms with van der Waals surface area (Å²) in [4.78, 5) is 52.5. The molecule has 0 bridgehead atoms. The highest BCUT2D eigenvalue weighted by molar-refractivity contribution is 6.15. The topological polar surface area (TPSA) is 122 Å². The lowest BCUT2D eigenvalue weighted by Gasteiger charge is -2.29. The molecule has 3 aliphatic heterocycles. The second-order valence-corrected chi connectivity index (χ2v) is 8.25. The number of rotatable bonds is 6. The van der Waals surface area contributed by atoms with E-state index in [-0.39, 0.29) is 24.1 Å². The molecule has 0 radical (unpaired) electrons. The van der Waals surface area contributed by atoms with Crippen molar-refractivity contribution in [2.45, 2.75) is 51.1 Å². The lowest BCUT2D eigenvalue weighted by atomic mass is 9.76. The summed E-state index contributed by atoms with van der Waals surface area (Å²) < 4.78 is 0. The molecule has 0 saturated carbocycles. The van der Waals surface area contributed by atoms with Gasteiger partial charge >= 0.3 is 0 Å². The molecule has 2 saturated heterocycles. The molecule has 4 unspecified atom stereocenters. The van der Waals surface area contributed by atoms with Gasteiger partial charge in [-0.2, -0.15) is 0 Å². The monoisotopic (exact) mass is 398 g/mol. The molecule has 0 aromatic heterocycles. The van der Waals surface area contributed by atoms with E-state index in [0.717, 1.165) is 12.0 Å². The zero-order valence-corrected chi connectivity index (χ0v) is 16.7. The second kappa shape index (κ2) is 6.95. The molecule has 4 N–H and O–H groups in total. The van der Waals surface area contributed by atoms with Crippen molar-refractivity contribution in [1.82, 2.24) is 10.2 Å². The third-order valence-corrected chi connectivity index (χ3v) is 6.40. The number of amides is 4. The molecule has 1 aromatic rings. The van der Waals surface area contributed by atoms with Crippen LogP contribution in [0.2, 0.25) is 0 Å². The van der Waals surface area contributed by atoms with E-state index >= 15 is 0 Å². The number of fused-ring (bicyclic) bond motifs is 4. The Balaban J connectivity index is 1.81. The fourth-order valence-electron chi connectivity index (χ4n) is 5.06. The minimum absolute atomic E-state index is 0.0791. The standard InChI is InChI=1S/C21H26N4O4/c1-3-4-9-25-18(27)16-14(7-8-15(22)26)24-21(17(16)19(25)28)12-10-11(2)5-6-13(12)23-20(21)29/h5-6,10,14,16-17,24H,3-4,7-9H2,1-2H3,(H2,22,26)(H,23,29). The SMILES string of the molecule is CCCCN1C(=O)C2C(CCC(N)=O)NC3(C(=O)Nc4ccc(C)cc43)C2C1=O. The Morgan fingerprint density at radius 1 is 1.24 bits per heavy atom. The normalized spacial score (nSPS) is 30.1. The van der Waals surface area contributed by atoms with Crippen molar-refractivity contribution in [1.29, 1.82) is 0 Å². The molecule has 4 amide bonds. The second-order valence-electron chi connectivity index (χ2n) is 8.25. The third kappa shape index (κ3) is 2.77. The number of carbonyl (C=O) groups excluding carboxylic acids is 4. The zero-order valence-electron chi connectivity index (χ0n) is 16.7. The lowest BCUT2D eigenvalue weighted by Crippen LogP contribution is -2.53. The van der Waals surface area contributed by atoms with E-state index in [1.165, 1.54) is 4.90 Å². The Hall–Kier alpha value is -2.74. The van der Waals surface area contributed by atoms with E-state index in [1.807, 2.05) is 32.0 Å². The Morgan fingerprint density at radius 2 is 2.00 bits per heavy atom. The lowest BCUT2D eigenvalue weighted by molar-refractivity contribution is -0.143. The predicted octanol–water partition coefficient (Wildman–Crippen LogP) is 0.781. The first-order chi connectivity index (χ1) is 13.8. The number of anilines is 1. The molecule has 1 aromatic carbocycles. The maximum absolute atomic E-state index is 13.4. The van der Waals surface area contributed by atoms with Crippen molar-refractivity contribution in [3.8, 4) is 0 Å². The van der Waals surface area contributed by atoms with Crippen LogP contribution in [0.3, 0.4) is 0 Å². The smallest absolute Gasteiger partial charge is 0.250 e. The molecule has 8 heteroatoms. The van der Waals surface area contributed by atoms with Gasteiger partial charge in [-0.25, -0.2) is 0 Å². The van der Waals surface area contributed by atoms with E-state index in [2.05, 4.69) is 10.6 Å². The molecule has 3 aliphatic rings. The number of hydrogen-bond donors (Lipinski definition) is 3. The summed E-state index contributed by atoms with van der Waals surface area (Å²) in [5.74, 6) is -2.89. The van der Waals surface area contributed by atoms with Gasteiger partial charge in [0.05, 0.1) is 11.8 Å². The zero-order chi connectivity index (χ0) is 20.9. The van der Waals surface area contributed by atoms with Gasteiger partial charge in [-0.1, -0.05) is 31.0 Å². The fraction of sp³-hybridized carbons (Fsp3) is 0.524. The van der Waals surface area contributed by atoms with E-state index < -0.39 is 29.3 Å². The highest BCUT2D eigenvalue weighted by Crippen LogP contribution is 2.53. The number of aryl methyl sites for hydroxylation is 1. The number of likely N-dealkylation sites (tertiary alicyclic amines) is 1. The summed E-state index contributed by atoms with van der Waals surface area (Å²) in [5, 5.41) is 6.18. The highest BCUT2D eigenvalue weighted by atomic mass is 16.2. The summed E-state index contributed by atoms with van der Waals surface area (Å²) in [6.07, 6.45) is 1.94. The fourth-order valence-corrected chi connectivity index (χ4v) is 5.06. The van der Waals surface area contributed by atoms with Crippen LogP contribution in [0.15, 0.2) is 18.2 Å². The predicted molar refractivity (Wildman–Crippen MR) is 105 cm³/mol. The summed E-state index contributed by atoms with van der Waals surface area (Å²) in [6.45, 7) is 4.26. The van der Waals surface area contributed by atoms with Gasteiger partial charge in [-0.05, 0) is 25.8 Å². The average Bonchev–Trinajstić information content (AvgIpc) is 3.24. The van der Waals surface area contributed by atoms with Crippen LogP contribution < -0.4 is 16.4 Å². The summed E-state index contributed by atoms with van der Waals surface area (Å²) in [6, 6.07) is 5.12. The van der Waals surface area contributed by atoms with E-state index in [0.29, 0.717) is 30.6 Å². The Morgan fingerprint density at radius 3 is 2.69 bits per heavy atom. The molecule has 0 aliphatic carbocycles. The van der Waals surface area contributed by atoms with Crippen LogP contribution in [0.5, 0.6) is 0 Å². The Labute approximate surface area is 169 Å². The third-order valence-electron chi connectivity index (χ3n) is 6.40. The van der Waals surface area contributed by atoms with Crippen molar-refractivity contribution in [3.05, 3.63) is 29.3 Å². The van der Waals surface area contributed by atoms with Crippen molar-refractivity contribution in [2.75, 3.05) is 11.9 Å². The number of hydrogen-bond acceptors (Lipinski definition) is 5. The molecule has 2 fully saturated rings. The molecular formula is C21H26N4O4. The van der Waals surface area contributed by atoms with Crippen molar-refractivity contribution < 1.29 is 19.2 Å². The van der Waals surface area contributed by atoms with Gasteiger partial charge in [-0.3, -0.25) is 29.4 Å². The van der Waals surface area contributed by atoms with Gasteiger partial charge in [0.1, 0.15) is 5.54 Å². The van der Waals surface area contributed by atoms with E-state index in [9.17, 15) is 19.2 Å². The van der Waals surface area contributed by atoms with Crippen molar-refractivity contribution >= 4 is 29.3 Å². The number of nitrogens with zero attached hydrogens (tertiary/aromatic N) is 1. The Bertz CT molecular complexity index is 914. The summed E-state index contributed by atoms with van der Waals surface area (Å²) in [5.41, 5.74) is 6.32. The summed E-state index contributed by atoms with van der Waals surface area (Å²) in [7, 11) is 0. The van der Waals surface area contributed by atoms with Gasteiger partial charge in [0.25, 0.3) is 0 Å². The number of benzene rings is 1. The molecule has 1 spiro atoms. The average molecular weight is 398 g/mol. The minimum atomic E-state index is -1.30. The van der Waals surface area contributed by atoms with Gasteiger partial charge in [0.2, 0.25) is 23.6 Å². The first-order valence-corrected chi connectivity index (χ1v) is 10.1. The number of carbonyl (C=O) groups is 4. The van der Waals surface area contributed by atoms with Crippen LogP contribution in [-0.2, 0) is 24.7 Å². The molecule has 4 atom stereocenters. The summed E-state index contributed by atoms with van der Waals surface area (Å²) >= 11 is 0. The van der Waals surface area contributed by atoms with E-state index in [1.54, 1.807) is 0 Å². The Kier molecular flexibility index (Phi) is 4.69. The molecule has 4 rings (SSSR count). The van der Waals surface area contributed by atoms with Crippen LogP contribution in [0.1, 0.15) is 43.7 Å². The van der Waals surface area contributed by atoms with Crippen LogP contribution in [-0.4, -0.2) is 41.1 Å². The van der Waals surface area contributed by atoms with E-state index in [4.69, 9.17) is 5.73 Å². The van der Waals surface area contributed by atoms with Crippen LogP contribution in [0.25, 0.3) is 0 Å². The number of nitrogens with two attached hydrogens (primary N) is 1. The molecule has 8 nitrogen and oxygen atoms in total. The first-order valence-electron chi connectivity index (χ1n) is 10.1. The number of imide groups is 1. The molecule has 29 heavy (non-hydrogen) atoms. The maximum Gasteiger partial charge on any atom is 0.250 e. The van der Waals surface area contributed by atoms with Crippen LogP contribution in [0.4, 0.5) is 5.69 Å². The quantitative estimate of drug-likeness (QED) is 0.612. The van der Waals surface area contributed by atoms with Crippen molar-refractivity contribution in [3.63, 3.8) is 0 Å². The minimum Gasteiger partial charge on any atom is -0.370 e. The van der Waals surface area contributed by atoms with Gasteiger partial charge < -0.3 is 11.1 Å². The number of unbranched alkanes of at least 4 members (excludes halogenated alkanes) is 1. The van der Waals surface area contributed by atoms with Gasteiger partial charge in [0, 0.05) is 30.3 Å². The maximum atomic E-state index is 13.4. The molecule has 3 heterocycles. The molecular weight excluding hydrogens is 372 g/mol. The van der Waals surface area contributed by atoms with Crippen LogP contribution in [0, 0.1) is 18.8 Å². The van der Waals surface area contributed by atoms with Gasteiger partial charge in [0.15, 0.2) is 0 Å². The first kappa shape index (κ1) is 19.6. The van der Waals surface area contributed by atoms with Crippen molar-refractivity contribution in [2.24, 2.45) is 17.6 Å². The number of primary amides is 1.